The first-order chi connectivity index (χ1) is 34.0. The average Bonchev–Trinajstić information content (AvgIpc) is 3.35. The molecule has 0 bridgehead atoms. The molecular formula is C57H103O12P. The van der Waals surface area contributed by atoms with E-state index in [4.69, 9.17) is 18.5 Å². The molecule has 0 spiro atoms. The van der Waals surface area contributed by atoms with Gasteiger partial charge in [-0.3, -0.25) is 13.8 Å². The molecule has 70 heavy (non-hydrogen) atoms. The Morgan fingerprint density at radius 1 is 0.471 bits per heavy atom. The van der Waals surface area contributed by atoms with E-state index in [2.05, 4.69) is 74.6 Å². The average molecular weight is 1010 g/mol. The van der Waals surface area contributed by atoms with Crippen LogP contribution in [-0.2, 0) is 27.9 Å². The maximum atomic E-state index is 12.9. The third-order valence-electron chi connectivity index (χ3n) is 12.9. The lowest BCUT2D eigenvalue weighted by Crippen LogP contribution is -2.64. The second-order valence-corrected chi connectivity index (χ2v) is 20.8. The number of ether oxygens (including phenoxy) is 2. The topological polar surface area (TPSA) is 192 Å². The van der Waals surface area contributed by atoms with Crippen LogP contribution in [0.2, 0.25) is 0 Å². The van der Waals surface area contributed by atoms with Crippen molar-refractivity contribution in [3.8, 4) is 0 Å². The number of carbonyl (C=O) groups excluding carboxylic acids is 1. The van der Waals surface area contributed by atoms with Crippen molar-refractivity contribution in [3.05, 3.63) is 60.8 Å². The molecule has 1 aliphatic rings. The molecule has 408 valence electrons. The predicted molar refractivity (Wildman–Crippen MR) is 285 cm³/mol. The molecule has 1 rings (SSSR count). The number of esters is 1. The summed E-state index contributed by atoms with van der Waals surface area (Å²) in [7, 11) is -5.03. The molecule has 0 aromatic rings. The van der Waals surface area contributed by atoms with E-state index in [1.807, 2.05) is 0 Å². The molecule has 1 fully saturated rings. The highest BCUT2D eigenvalue weighted by Crippen LogP contribution is 2.47. The summed E-state index contributed by atoms with van der Waals surface area (Å²) in [5.41, 5.74) is 0. The Bertz CT molecular complexity index is 1380. The van der Waals surface area contributed by atoms with Crippen LogP contribution >= 0.6 is 7.82 Å². The van der Waals surface area contributed by atoms with Gasteiger partial charge in [-0.05, 0) is 57.8 Å². The van der Waals surface area contributed by atoms with Crippen molar-refractivity contribution in [1.29, 1.82) is 0 Å². The minimum atomic E-state index is -5.03. The fourth-order valence-electron chi connectivity index (χ4n) is 8.50. The van der Waals surface area contributed by atoms with E-state index < -0.39 is 63.1 Å². The summed E-state index contributed by atoms with van der Waals surface area (Å²) < 4.78 is 34.4. The Labute approximate surface area is 426 Å². The molecule has 1 aliphatic carbocycles. The molecule has 6 atom stereocenters. The van der Waals surface area contributed by atoms with Crippen molar-refractivity contribution < 1.29 is 58.3 Å². The van der Waals surface area contributed by atoms with E-state index in [0.717, 1.165) is 83.5 Å². The van der Waals surface area contributed by atoms with Gasteiger partial charge in [0.2, 0.25) is 0 Å². The standard InChI is InChI=1S/C57H103O12P/c1-3-5-7-9-11-13-15-17-19-21-23-25-27-29-31-33-35-37-39-41-43-45-47-66-48-50(49-67-70(64,65)69-57-55(62)53(60)52(59)54(61)56(57)63)68-51(58)46-44-42-40-38-36-34-32-30-28-26-24-22-20-18-16-14-12-10-8-6-4-2/h6,8,12,14,18,20,24,26,30,32,50,52-57,59-63H,3-5,7,9-11,13,15-17,19,21-23,25,27-29,31,33-49H2,1-2H3,(H,64,65)/b8-6-,14-12-,20-18-,26-24-,32-30-. The van der Waals surface area contributed by atoms with Gasteiger partial charge in [-0.1, -0.05) is 229 Å². The minimum Gasteiger partial charge on any atom is -0.457 e. The van der Waals surface area contributed by atoms with Crippen molar-refractivity contribution in [2.75, 3.05) is 19.8 Å². The summed E-state index contributed by atoms with van der Waals surface area (Å²) in [5.74, 6) is -0.493. The monoisotopic (exact) mass is 1010 g/mol. The largest absolute Gasteiger partial charge is 0.472 e. The van der Waals surface area contributed by atoms with Crippen LogP contribution < -0.4 is 0 Å². The summed E-state index contributed by atoms with van der Waals surface area (Å²) in [4.78, 5) is 23.3. The van der Waals surface area contributed by atoms with Gasteiger partial charge >= 0.3 is 13.8 Å². The summed E-state index contributed by atoms with van der Waals surface area (Å²) in [5, 5.41) is 50.4. The second-order valence-electron chi connectivity index (χ2n) is 19.4. The SMILES string of the molecule is CC/C=C\C/C=C\C/C=C\C/C=C\C/C=C\CCCCCCCC(=O)OC(COCCCCCCCCCCCCCCCCCCCCCCCC)COP(=O)(O)OC1C(O)C(O)C(O)C(O)C1O. The maximum absolute atomic E-state index is 12.9. The van der Waals surface area contributed by atoms with Crippen molar-refractivity contribution in [2.24, 2.45) is 0 Å². The van der Waals surface area contributed by atoms with E-state index in [9.17, 15) is 39.8 Å². The molecule has 0 aliphatic heterocycles. The van der Waals surface area contributed by atoms with Crippen LogP contribution in [-0.4, -0.2) is 98.9 Å². The number of aliphatic hydroxyl groups excluding tert-OH is 5. The lowest BCUT2D eigenvalue weighted by Gasteiger charge is -2.41. The molecule has 0 aromatic carbocycles. The van der Waals surface area contributed by atoms with Crippen LogP contribution in [0, 0.1) is 0 Å². The number of phosphoric acid groups is 1. The molecule has 13 heteroatoms. The Balaban J connectivity index is 2.31. The van der Waals surface area contributed by atoms with E-state index in [1.165, 1.54) is 122 Å². The van der Waals surface area contributed by atoms with E-state index >= 15 is 0 Å². The number of unbranched alkanes of at least 4 members (excludes halogenated alkanes) is 26. The number of hydrogen-bond donors (Lipinski definition) is 6. The first-order valence-corrected chi connectivity index (χ1v) is 29.6. The maximum Gasteiger partial charge on any atom is 0.472 e. The second kappa shape index (κ2) is 46.8. The molecule has 6 unspecified atom stereocenters. The van der Waals surface area contributed by atoms with Crippen LogP contribution in [0.4, 0.5) is 0 Å². The zero-order valence-corrected chi connectivity index (χ0v) is 45.0. The van der Waals surface area contributed by atoms with Crippen LogP contribution in [0.15, 0.2) is 60.8 Å². The van der Waals surface area contributed by atoms with Crippen molar-refractivity contribution in [2.45, 2.75) is 275 Å². The third-order valence-corrected chi connectivity index (χ3v) is 13.9. The third kappa shape index (κ3) is 37.7. The summed E-state index contributed by atoms with van der Waals surface area (Å²) in [6.45, 7) is 4.17. The van der Waals surface area contributed by atoms with Gasteiger partial charge in [-0.25, -0.2) is 4.57 Å². The van der Waals surface area contributed by atoms with Gasteiger partial charge in [-0.2, -0.15) is 0 Å². The van der Waals surface area contributed by atoms with Gasteiger partial charge in [0, 0.05) is 13.0 Å². The molecule has 0 radical (unpaired) electrons. The quantitative estimate of drug-likeness (QED) is 0.0146. The Morgan fingerprint density at radius 3 is 1.29 bits per heavy atom. The zero-order chi connectivity index (χ0) is 51.2. The summed E-state index contributed by atoms with van der Waals surface area (Å²) in [6.07, 6.45) is 48.6. The van der Waals surface area contributed by atoms with E-state index in [0.29, 0.717) is 13.0 Å². The van der Waals surface area contributed by atoms with Crippen LogP contribution in [0.25, 0.3) is 0 Å². The summed E-state index contributed by atoms with van der Waals surface area (Å²) >= 11 is 0. The first-order valence-electron chi connectivity index (χ1n) is 28.1. The van der Waals surface area contributed by atoms with Crippen molar-refractivity contribution in [3.63, 3.8) is 0 Å². The Hall–Kier alpha value is -1.96. The van der Waals surface area contributed by atoms with E-state index in [1.54, 1.807) is 0 Å². The molecule has 0 aromatic heterocycles. The molecule has 6 N–H and O–H groups in total. The number of aliphatic hydroxyl groups is 5. The van der Waals surface area contributed by atoms with Gasteiger partial charge in [0.05, 0.1) is 13.2 Å². The molecule has 0 amide bonds. The Kier molecular flexibility index (Phi) is 44.2. The van der Waals surface area contributed by atoms with Gasteiger partial charge in [-0.15, -0.1) is 0 Å². The first kappa shape index (κ1) is 66.1. The number of hydrogen-bond acceptors (Lipinski definition) is 11. The van der Waals surface area contributed by atoms with Gasteiger partial charge < -0.3 is 39.9 Å². The van der Waals surface area contributed by atoms with Crippen molar-refractivity contribution >= 4 is 13.8 Å². The van der Waals surface area contributed by atoms with Gasteiger partial charge in [0.15, 0.2) is 0 Å². The molecular weight excluding hydrogens is 908 g/mol. The van der Waals surface area contributed by atoms with E-state index in [-0.39, 0.29) is 13.0 Å². The number of rotatable bonds is 48. The fourth-order valence-corrected chi connectivity index (χ4v) is 9.47. The highest BCUT2D eigenvalue weighted by atomic mass is 31.2. The number of allylic oxidation sites excluding steroid dienone is 10. The lowest BCUT2D eigenvalue weighted by atomic mass is 9.85. The lowest BCUT2D eigenvalue weighted by molar-refractivity contribution is -0.220. The zero-order valence-electron chi connectivity index (χ0n) is 44.1. The van der Waals surface area contributed by atoms with Crippen LogP contribution in [0.5, 0.6) is 0 Å². The highest BCUT2D eigenvalue weighted by molar-refractivity contribution is 7.47. The minimum absolute atomic E-state index is 0.0842. The number of carbonyl (C=O) groups is 1. The molecule has 0 heterocycles. The van der Waals surface area contributed by atoms with Gasteiger partial charge in [0.1, 0.15) is 42.7 Å². The summed E-state index contributed by atoms with van der Waals surface area (Å²) in [6, 6.07) is 0. The van der Waals surface area contributed by atoms with Crippen LogP contribution in [0.3, 0.4) is 0 Å². The smallest absolute Gasteiger partial charge is 0.457 e. The normalized spacial score (nSPS) is 21.3. The molecule has 1 saturated carbocycles. The molecule has 12 nitrogen and oxygen atoms in total. The Morgan fingerprint density at radius 2 is 0.843 bits per heavy atom. The number of phosphoric ester groups is 1. The van der Waals surface area contributed by atoms with Crippen LogP contribution in [0.1, 0.15) is 232 Å². The van der Waals surface area contributed by atoms with Crippen molar-refractivity contribution in [1.82, 2.24) is 0 Å². The highest BCUT2D eigenvalue weighted by Gasteiger charge is 2.51. The van der Waals surface area contributed by atoms with Gasteiger partial charge in [0.25, 0.3) is 0 Å². The molecule has 0 saturated heterocycles. The fraction of sp³-hybridized carbons (Fsp3) is 0.807. The predicted octanol–water partition coefficient (Wildman–Crippen LogP) is 13.3.